The lowest BCUT2D eigenvalue weighted by Crippen LogP contribution is -2.30. The van der Waals surface area contributed by atoms with Gasteiger partial charge in [-0.2, -0.15) is 0 Å². The van der Waals surface area contributed by atoms with E-state index in [-0.39, 0.29) is 34.0 Å². The molecule has 21 heavy (non-hydrogen) atoms. The minimum absolute atomic E-state index is 0.0171. The van der Waals surface area contributed by atoms with Crippen molar-refractivity contribution in [1.29, 1.82) is 0 Å². The van der Waals surface area contributed by atoms with Crippen molar-refractivity contribution in [3.63, 3.8) is 0 Å². The number of fused-ring (bicyclic) bond motifs is 1. The highest BCUT2D eigenvalue weighted by Crippen LogP contribution is 2.21. The molecule has 1 saturated heterocycles. The molecule has 1 aromatic heterocycles. The summed E-state index contributed by atoms with van der Waals surface area (Å²) < 4.78 is 19.2. The number of aromatic amines is 1. The number of ether oxygens (including phenoxy) is 1. The van der Waals surface area contributed by atoms with Crippen molar-refractivity contribution in [3.05, 3.63) is 34.6 Å². The Labute approximate surface area is 119 Å². The number of rotatable bonds is 2. The Morgan fingerprint density at radius 2 is 2.33 bits per heavy atom. The van der Waals surface area contributed by atoms with Crippen LogP contribution in [-0.4, -0.2) is 29.1 Å². The van der Waals surface area contributed by atoms with Gasteiger partial charge in [0.05, 0.1) is 35.4 Å². The lowest BCUT2D eigenvalue weighted by molar-refractivity contribution is -0.123. The summed E-state index contributed by atoms with van der Waals surface area (Å²) in [5.74, 6) is -1.21. The zero-order valence-corrected chi connectivity index (χ0v) is 11.2. The van der Waals surface area contributed by atoms with Gasteiger partial charge in [0.1, 0.15) is 5.82 Å². The molecule has 0 radical (unpaired) electrons. The molecule has 7 heteroatoms. The third-order valence-corrected chi connectivity index (χ3v) is 3.52. The quantitative estimate of drug-likeness (QED) is 0.876. The molecular formula is C14H14FN3O3. The van der Waals surface area contributed by atoms with Gasteiger partial charge in [0.2, 0.25) is 5.91 Å². The Morgan fingerprint density at radius 1 is 1.48 bits per heavy atom. The van der Waals surface area contributed by atoms with Gasteiger partial charge in [0.15, 0.2) is 0 Å². The number of H-pyrrole nitrogens is 1. The Kier molecular flexibility index (Phi) is 3.66. The van der Waals surface area contributed by atoms with E-state index >= 15 is 0 Å². The molecule has 1 amide bonds. The van der Waals surface area contributed by atoms with Gasteiger partial charge in [0, 0.05) is 12.7 Å². The monoisotopic (exact) mass is 291 g/mol. The van der Waals surface area contributed by atoms with Gasteiger partial charge in [-0.15, -0.1) is 0 Å². The van der Waals surface area contributed by atoms with Gasteiger partial charge >= 0.3 is 0 Å². The van der Waals surface area contributed by atoms with E-state index < -0.39 is 5.82 Å². The van der Waals surface area contributed by atoms with E-state index in [1.807, 2.05) is 0 Å². The first kappa shape index (κ1) is 13.7. The zero-order valence-electron chi connectivity index (χ0n) is 11.2. The highest BCUT2D eigenvalue weighted by Gasteiger charge is 2.22. The third-order valence-electron chi connectivity index (χ3n) is 3.52. The van der Waals surface area contributed by atoms with Crippen LogP contribution in [0, 0.1) is 11.7 Å². The number of carbonyl (C=O) groups excluding carboxylic acids is 1. The number of anilines is 1. The molecule has 110 valence electrons. The van der Waals surface area contributed by atoms with Crippen molar-refractivity contribution in [1.82, 2.24) is 9.97 Å². The largest absolute Gasteiger partial charge is 0.381 e. The second-order valence-corrected chi connectivity index (χ2v) is 4.98. The molecule has 0 bridgehead atoms. The number of hydrogen-bond donors (Lipinski definition) is 2. The summed E-state index contributed by atoms with van der Waals surface area (Å²) in [4.78, 5) is 30.1. The molecule has 3 rings (SSSR count). The number of benzene rings is 1. The predicted molar refractivity (Wildman–Crippen MR) is 74.5 cm³/mol. The molecule has 1 unspecified atom stereocenters. The van der Waals surface area contributed by atoms with Crippen LogP contribution >= 0.6 is 0 Å². The van der Waals surface area contributed by atoms with Crippen molar-refractivity contribution in [2.75, 3.05) is 18.5 Å². The molecule has 1 fully saturated rings. The van der Waals surface area contributed by atoms with Crippen LogP contribution in [0.25, 0.3) is 10.9 Å². The van der Waals surface area contributed by atoms with Crippen LogP contribution < -0.4 is 10.9 Å². The van der Waals surface area contributed by atoms with Crippen molar-refractivity contribution in [3.8, 4) is 0 Å². The number of hydrogen-bond acceptors (Lipinski definition) is 4. The second-order valence-electron chi connectivity index (χ2n) is 4.98. The Balaban J connectivity index is 1.89. The van der Waals surface area contributed by atoms with Crippen molar-refractivity contribution < 1.29 is 13.9 Å². The normalized spacial score (nSPS) is 18.6. The number of aromatic nitrogens is 2. The molecule has 0 aliphatic carbocycles. The summed E-state index contributed by atoms with van der Waals surface area (Å²) in [5, 5.41) is 2.76. The van der Waals surface area contributed by atoms with Crippen LogP contribution in [0.1, 0.15) is 12.8 Å². The fourth-order valence-corrected chi connectivity index (χ4v) is 2.37. The number of nitrogens with zero attached hydrogens (tertiary/aromatic N) is 1. The molecule has 1 atom stereocenters. The summed E-state index contributed by atoms with van der Waals surface area (Å²) in [6, 6.07) is 2.44. The van der Waals surface area contributed by atoms with E-state index in [1.54, 1.807) is 0 Å². The van der Waals surface area contributed by atoms with Crippen LogP contribution in [0.2, 0.25) is 0 Å². The minimum Gasteiger partial charge on any atom is -0.381 e. The maximum Gasteiger partial charge on any atom is 0.258 e. The van der Waals surface area contributed by atoms with E-state index in [4.69, 9.17) is 4.74 Å². The number of nitrogens with one attached hydrogen (secondary N) is 2. The highest BCUT2D eigenvalue weighted by molar-refractivity contribution is 5.95. The van der Waals surface area contributed by atoms with Gasteiger partial charge in [-0.3, -0.25) is 9.59 Å². The molecule has 0 spiro atoms. The fraction of sp³-hybridized carbons (Fsp3) is 0.357. The van der Waals surface area contributed by atoms with E-state index in [1.165, 1.54) is 12.4 Å². The third kappa shape index (κ3) is 2.78. The highest BCUT2D eigenvalue weighted by atomic mass is 19.1. The van der Waals surface area contributed by atoms with E-state index in [9.17, 15) is 14.0 Å². The number of carbonyl (C=O) groups is 1. The molecular weight excluding hydrogens is 277 g/mol. The van der Waals surface area contributed by atoms with Gasteiger partial charge in [-0.05, 0) is 18.9 Å². The Morgan fingerprint density at radius 3 is 3.10 bits per heavy atom. The molecule has 2 N–H and O–H groups in total. The summed E-state index contributed by atoms with van der Waals surface area (Å²) >= 11 is 0. The van der Waals surface area contributed by atoms with Crippen molar-refractivity contribution in [2.24, 2.45) is 5.92 Å². The van der Waals surface area contributed by atoms with Crippen molar-refractivity contribution in [2.45, 2.75) is 12.8 Å². The number of halogens is 1. The fourth-order valence-electron chi connectivity index (χ4n) is 2.37. The maximum absolute atomic E-state index is 14.0. The molecule has 1 aliphatic rings. The first-order valence-corrected chi connectivity index (χ1v) is 6.70. The summed E-state index contributed by atoms with van der Waals surface area (Å²) in [6.45, 7) is 0.984. The van der Waals surface area contributed by atoms with Crippen LogP contribution in [0.4, 0.5) is 10.1 Å². The topological polar surface area (TPSA) is 84.1 Å². The minimum atomic E-state index is -0.620. The van der Waals surface area contributed by atoms with Crippen molar-refractivity contribution >= 4 is 22.5 Å². The van der Waals surface area contributed by atoms with Crippen LogP contribution in [-0.2, 0) is 9.53 Å². The van der Waals surface area contributed by atoms with Crippen LogP contribution in [0.3, 0.4) is 0 Å². The van der Waals surface area contributed by atoms with Gasteiger partial charge in [0.25, 0.3) is 5.56 Å². The molecule has 1 aromatic carbocycles. The lowest BCUT2D eigenvalue weighted by atomic mass is 10.0. The summed E-state index contributed by atoms with van der Waals surface area (Å²) in [5.41, 5.74) is -0.150. The Bertz CT molecular complexity index is 738. The average molecular weight is 291 g/mol. The average Bonchev–Trinajstić information content (AvgIpc) is 2.50. The molecule has 6 nitrogen and oxygen atoms in total. The lowest BCUT2D eigenvalue weighted by Gasteiger charge is -2.21. The van der Waals surface area contributed by atoms with E-state index in [0.717, 1.165) is 12.5 Å². The molecule has 2 aromatic rings. The van der Waals surface area contributed by atoms with Gasteiger partial charge in [-0.1, -0.05) is 0 Å². The van der Waals surface area contributed by atoms with Crippen LogP contribution in [0.15, 0.2) is 23.3 Å². The van der Waals surface area contributed by atoms with E-state index in [2.05, 4.69) is 15.3 Å². The Hall–Kier alpha value is -2.28. The molecule has 1 aliphatic heterocycles. The summed E-state index contributed by atoms with van der Waals surface area (Å²) in [7, 11) is 0. The van der Waals surface area contributed by atoms with Gasteiger partial charge < -0.3 is 15.0 Å². The molecule has 0 saturated carbocycles. The smallest absolute Gasteiger partial charge is 0.258 e. The van der Waals surface area contributed by atoms with Crippen LogP contribution in [0.5, 0.6) is 0 Å². The SMILES string of the molecule is O=C(Nc1cc2c(=O)[nH]cnc2cc1F)C1CCCOC1. The molecule has 2 heterocycles. The second kappa shape index (κ2) is 5.61. The standard InChI is InChI=1S/C14H14FN3O3/c15-10-5-11-9(14(20)17-7-16-11)4-12(10)18-13(19)8-2-1-3-21-6-8/h4-5,7-8H,1-3,6H2,(H,18,19)(H,16,17,20). The zero-order chi connectivity index (χ0) is 14.8. The maximum atomic E-state index is 14.0. The summed E-state index contributed by atoms with van der Waals surface area (Å²) in [6.07, 6.45) is 2.73. The number of amides is 1. The first-order valence-electron chi connectivity index (χ1n) is 6.70. The van der Waals surface area contributed by atoms with Gasteiger partial charge in [-0.25, -0.2) is 9.37 Å². The van der Waals surface area contributed by atoms with E-state index in [0.29, 0.717) is 19.6 Å². The predicted octanol–water partition coefficient (Wildman–Crippen LogP) is 1.43. The first-order chi connectivity index (χ1) is 10.1.